The first-order valence-corrected chi connectivity index (χ1v) is 6.03. The van der Waals surface area contributed by atoms with Crippen LogP contribution in [0.4, 0.5) is 4.39 Å². The summed E-state index contributed by atoms with van der Waals surface area (Å²) in [5.74, 6) is -0.637. The van der Waals surface area contributed by atoms with Gasteiger partial charge in [0.25, 0.3) is 5.91 Å². The zero-order valence-corrected chi connectivity index (χ0v) is 10.3. The summed E-state index contributed by atoms with van der Waals surface area (Å²) in [4.78, 5) is 11.4. The summed E-state index contributed by atoms with van der Waals surface area (Å²) in [5.41, 5.74) is 6.34. The summed E-state index contributed by atoms with van der Waals surface area (Å²) in [6.07, 6.45) is 2.03. The number of amides is 1. The first kappa shape index (κ1) is 12.8. The molecule has 3 N–H and O–H groups in total. The van der Waals surface area contributed by atoms with Crippen molar-refractivity contribution in [3.63, 3.8) is 0 Å². The van der Waals surface area contributed by atoms with Gasteiger partial charge in [0.05, 0.1) is 0 Å². The van der Waals surface area contributed by atoms with Crippen molar-refractivity contribution in [2.45, 2.75) is 31.8 Å². The monoisotopic (exact) mass is 252 g/mol. The number of hydrogen-bond donors (Lipinski definition) is 2. The third-order valence-electron chi connectivity index (χ3n) is 2.78. The van der Waals surface area contributed by atoms with Crippen LogP contribution in [-0.2, 0) is 4.79 Å². The van der Waals surface area contributed by atoms with Crippen LogP contribution in [0.15, 0.2) is 18.2 Å². The van der Waals surface area contributed by atoms with Crippen molar-refractivity contribution >= 4 is 5.91 Å². The number of rotatable bonds is 5. The lowest BCUT2D eigenvalue weighted by molar-refractivity contribution is -0.123. The van der Waals surface area contributed by atoms with Crippen molar-refractivity contribution in [3.05, 3.63) is 29.6 Å². The highest BCUT2D eigenvalue weighted by atomic mass is 19.1. The number of ether oxygens (including phenoxy) is 1. The minimum absolute atomic E-state index is 0.0744. The summed E-state index contributed by atoms with van der Waals surface area (Å²) in [6.45, 7) is 1.61. The van der Waals surface area contributed by atoms with E-state index in [4.69, 9.17) is 10.5 Å². The van der Waals surface area contributed by atoms with Crippen molar-refractivity contribution in [2.75, 3.05) is 6.61 Å². The fourth-order valence-electron chi connectivity index (χ4n) is 1.56. The predicted octanol–water partition coefficient (Wildman–Crippen LogP) is 1.50. The van der Waals surface area contributed by atoms with E-state index in [2.05, 4.69) is 5.32 Å². The molecular weight excluding hydrogens is 235 g/mol. The van der Waals surface area contributed by atoms with Gasteiger partial charge < -0.3 is 15.8 Å². The normalized spacial score (nSPS) is 16.2. The maximum absolute atomic E-state index is 13.6. The molecule has 1 fully saturated rings. The van der Waals surface area contributed by atoms with Crippen LogP contribution in [0.2, 0.25) is 0 Å². The molecule has 1 amide bonds. The van der Waals surface area contributed by atoms with E-state index in [9.17, 15) is 9.18 Å². The lowest BCUT2D eigenvalue weighted by Crippen LogP contribution is -2.30. The van der Waals surface area contributed by atoms with Crippen LogP contribution in [0.1, 0.15) is 31.4 Å². The number of benzene rings is 1. The summed E-state index contributed by atoms with van der Waals surface area (Å²) in [6, 6.07) is 4.58. The summed E-state index contributed by atoms with van der Waals surface area (Å²) in [5, 5.41) is 2.77. The zero-order valence-electron chi connectivity index (χ0n) is 10.3. The maximum atomic E-state index is 13.6. The van der Waals surface area contributed by atoms with Gasteiger partial charge in [-0.2, -0.15) is 0 Å². The average molecular weight is 252 g/mol. The van der Waals surface area contributed by atoms with E-state index in [-0.39, 0.29) is 30.3 Å². The fourth-order valence-corrected chi connectivity index (χ4v) is 1.56. The van der Waals surface area contributed by atoms with Crippen LogP contribution in [0.25, 0.3) is 0 Å². The van der Waals surface area contributed by atoms with Crippen molar-refractivity contribution in [1.29, 1.82) is 0 Å². The lowest BCUT2D eigenvalue weighted by Gasteiger charge is -2.10. The van der Waals surface area contributed by atoms with Crippen LogP contribution in [0.5, 0.6) is 5.75 Å². The van der Waals surface area contributed by atoms with E-state index in [0.717, 1.165) is 12.8 Å². The Balaban J connectivity index is 1.90. The SMILES string of the molecule is C[C@H](N)c1ccc(OCC(=O)NC2CC2)c(F)c1. The summed E-state index contributed by atoms with van der Waals surface area (Å²) in [7, 11) is 0. The molecule has 0 heterocycles. The molecule has 18 heavy (non-hydrogen) atoms. The van der Waals surface area contributed by atoms with Gasteiger partial charge >= 0.3 is 0 Å². The molecule has 1 aliphatic rings. The van der Waals surface area contributed by atoms with E-state index in [0.29, 0.717) is 5.56 Å². The molecular formula is C13H17FN2O2. The van der Waals surface area contributed by atoms with Crippen LogP contribution >= 0.6 is 0 Å². The highest BCUT2D eigenvalue weighted by Crippen LogP contribution is 2.21. The Bertz CT molecular complexity index is 445. The topological polar surface area (TPSA) is 64.3 Å². The highest BCUT2D eigenvalue weighted by Gasteiger charge is 2.23. The zero-order chi connectivity index (χ0) is 13.1. The molecule has 1 aliphatic carbocycles. The third kappa shape index (κ3) is 3.43. The Morgan fingerprint density at radius 1 is 1.61 bits per heavy atom. The molecule has 1 aromatic carbocycles. The molecule has 1 atom stereocenters. The van der Waals surface area contributed by atoms with E-state index < -0.39 is 5.82 Å². The van der Waals surface area contributed by atoms with Gasteiger partial charge in [0, 0.05) is 12.1 Å². The molecule has 0 bridgehead atoms. The second-order valence-electron chi connectivity index (χ2n) is 4.61. The molecule has 0 saturated heterocycles. The largest absolute Gasteiger partial charge is 0.481 e. The van der Waals surface area contributed by atoms with Crippen molar-refractivity contribution < 1.29 is 13.9 Å². The molecule has 1 saturated carbocycles. The van der Waals surface area contributed by atoms with E-state index in [1.165, 1.54) is 12.1 Å². The van der Waals surface area contributed by atoms with Crippen molar-refractivity contribution in [1.82, 2.24) is 5.32 Å². The van der Waals surface area contributed by atoms with Gasteiger partial charge in [-0.25, -0.2) is 4.39 Å². The molecule has 0 unspecified atom stereocenters. The van der Waals surface area contributed by atoms with Crippen LogP contribution in [0, 0.1) is 5.82 Å². The van der Waals surface area contributed by atoms with Gasteiger partial charge in [-0.15, -0.1) is 0 Å². The number of carbonyl (C=O) groups excluding carboxylic acids is 1. The molecule has 4 nitrogen and oxygen atoms in total. The third-order valence-corrected chi connectivity index (χ3v) is 2.78. The second-order valence-corrected chi connectivity index (χ2v) is 4.61. The molecule has 0 aliphatic heterocycles. The van der Waals surface area contributed by atoms with Gasteiger partial charge in [-0.1, -0.05) is 6.07 Å². The molecule has 5 heteroatoms. The number of hydrogen-bond acceptors (Lipinski definition) is 3. The van der Waals surface area contributed by atoms with Gasteiger partial charge in [-0.3, -0.25) is 4.79 Å². The van der Waals surface area contributed by atoms with Crippen molar-refractivity contribution in [2.24, 2.45) is 5.73 Å². The highest BCUT2D eigenvalue weighted by molar-refractivity contribution is 5.78. The minimum Gasteiger partial charge on any atom is -0.481 e. The van der Waals surface area contributed by atoms with Gasteiger partial charge in [-0.05, 0) is 37.5 Å². The van der Waals surface area contributed by atoms with Gasteiger partial charge in [0.2, 0.25) is 0 Å². The predicted molar refractivity (Wildman–Crippen MR) is 65.7 cm³/mol. The summed E-state index contributed by atoms with van der Waals surface area (Å²) >= 11 is 0. The fraction of sp³-hybridized carbons (Fsp3) is 0.462. The van der Waals surface area contributed by atoms with Crippen LogP contribution < -0.4 is 15.8 Å². The number of halogens is 1. The first-order valence-electron chi connectivity index (χ1n) is 6.03. The Morgan fingerprint density at radius 3 is 2.89 bits per heavy atom. The van der Waals surface area contributed by atoms with Crippen LogP contribution in [0.3, 0.4) is 0 Å². The van der Waals surface area contributed by atoms with Gasteiger partial charge in [0.1, 0.15) is 0 Å². The number of nitrogens with two attached hydrogens (primary N) is 1. The smallest absolute Gasteiger partial charge is 0.258 e. The minimum atomic E-state index is -0.496. The Labute approximate surface area is 105 Å². The number of nitrogens with one attached hydrogen (secondary N) is 1. The van der Waals surface area contributed by atoms with E-state index in [1.54, 1.807) is 13.0 Å². The van der Waals surface area contributed by atoms with Crippen molar-refractivity contribution in [3.8, 4) is 5.75 Å². The molecule has 0 spiro atoms. The van der Waals surface area contributed by atoms with Crippen LogP contribution in [-0.4, -0.2) is 18.6 Å². The Kier molecular flexibility index (Phi) is 3.81. The Hall–Kier alpha value is -1.62. The van der Waals surface area contributed by atoms with E-state index >= 15 is 0 Å². The lowest BCUT2D eigenvalue weighted by atomic mass is 10.1. The quantitative estimate of drug-likeness (QED) is 0.834. The average Bonchev–Trinajstić information content (AvgIpc) is 3.11. The molecule has 2 rings (SSSR count). The first-order chi connectivity index (χ1) is 8.56. The summed E-state index contributed by atoms with van der Waals surface area (Å²) < 4.78 is 18.8. The molecule has 98 valence electrons. The molecule has 0 radical (unpaired) electrons. The molecule has 1 aromatic rings. The Morgan fingerprint density at radius 2 is 2.33 bits per heavy atom. The standard InChI is InChI=1S/C13H17FN2O2/c1-8(15)9-2-5-12(11(14)6-9)18-7-13(17)16-10-3-4-10/h2,5-6,8,10H,3-4,7,15H2,1H3,(H,16,17)/t8-/m0/s1. The molecule has 0 aromatic heterocycles. The number of carbonyl (C=O) groups is 1. The van der Waals surface area contributed by atoms with Gasteiger partial charge in [0.15, 0.2) is 18.2 Å². The van der Waals surface area contributed by atoms with E-state index in [1.807, 2.05) is 0 Å². The maximum Gasteiger partial charge on any atom is 0.258 e. The second kappa shape index (κ2) is 5.35.